The monoisotopic (exact) mass is 292 g/mol. The largest absolute Gasteiger partial charge is 0.350 e. The van der Waals surface area contributed by atoms with Crippen molar-refractivity contribution in [2.75, 3.05) is 19.6 Å². The second-order valence-electron chi connectivity index (χ2n) is 6.09. The van der Waals surface area contributed by atoms with Crippen LogP contribution in [0.3, 0.4) is 0 Å². The third-order valence-corrected chi connectivity index (χ3v) is 3.90. The number of aryl methyl sites for hydroxylation is 1. The van der Waals surface area contributed by atoms with E-state index in [-0.39, 0.29) is 11.8 Å². The Labute approximate surface area is 125 Å². The molecule has 1 aliphatic heterocycles. The second kappa shape index (κ2) is 6.74. The van der Waals surface area contributed by atoms with Crippen molar-refractivity contribution in [1.29, 1.82) is 0 Å². The smallest absolute Gasteiger partial charge is 0.269 e. The number of nitrogens with one attached hydrogen (secondary N) is 1. The lowest BCUT2D eigenvalue weighted by molar-refractivity contribution is -0.133. The molecule has 1 aromatic rings. The quantitative estimate of drug-likeness (QED) is 0.902. The first kappa shape index (κ1) is 15.5. The molecule has 1 aromatic heterocycles. The third kappa shape index (κ3) is 4.06. The highest BCUT2D eigenvalue weighted by molar-refractivity contribution is 5.92. The molecule has 2 rings (SSSR count). The lowest BCUT2D eigenvalue weighted by Gasteiger charge is -2.35. The van der Waals surface area contributed by atoms with Gasteiger partial charge in [0.05, 0.1) is 0 Å². The molecule has 2 heterocycles. The van der Waals surface area contributed by atoms with Gasteiger partial charge in [-0.05, 0) is 24.3 Å². The Hall–Kier alpha value is -1.85. The van der Waals surface area contributed by atoms with Crippen molar-refractivity contribution < 1.29 is 9.59 Å². The average molecular weight is 292 g/mol. The van der Waals surface area contributed by atoms with Gasteiger partial charge in [-0.15, -0.1) is 0 Å². The summed E-state index contributed by atoms with van der Waals surface area (Å²) in [6, 6.07) is 1.66. The molecule has 0 unspecified atom stereocenters. The van der Waals surface area contributed by atoms with Gasteiger partial charge in [-0.25, -0.2) is 0 Å². The van der Waals surface area contributed by atoms with Gasteiger partial charge in [0, 0.05) is 39.3 Å². The number of rotatable bonds is 4. The van der Waals surface area contributed by atoms with Crippen molar-refractivity contribution in [3.8, 4) is 0 Å². The number of hydrogen-bond acceptors (Lipinski definition) is 3. The maximum Gasteiger partial charge on any atom is 0.269 e. The summed E-state index contributed by atoms with van der Waals surface area (Å²) < 4.78 is 1.52. The number of carbonyl (C=O) groups excluding carboxylic acids is 2. The van der Waals surface area contributed by atoms with E-state index in [1.54, 1.807) is 19.3 Å². The molecular weight excluding hydrogens is 268 g/mol. The van der Waals surface area contributed by atoms with E-state index in [2.05, 4.69) is 24.3 Å². The molecule has 0 bridgehead atoms. The zero-order valence-electron chi connectivity index (χ0n) is 13.0. The Morgan fingerprint density at radius 2 is 2.00 bits per heavy atom. The highest BCUT2D eigenvalue weighted by atomic mass is 16.2. The van der Waals surface area contributed by atoms with Gasteiger partial charge < -0.3 is 10.2 Å². The predicted octanol–water partition coefficient (Wildman–Crippen LogP) is 1.04. The lowest BCUT2D eigenvalue weighted by Crippen LogP contribution is -2.43. The predicted molar refractivity (Wildman–Crippen MR) is 79.7 cm³/mol. The highest BCUT2D eigenvalue weighted by Gasteiger charge is 2.25. The number of amides is 2. The van der Waals surface area contributed by atoms with Crippen molar-refractivity contribution in [3.05, 3.63) is 18.0 Å². The van der Waals surface area contributed by atoms with Gasteiger partial charge in [0.2, 0.25) is 5.91 Å². The van der Waals surface area contributed by atoms with E-state index in [9.17, 15) is 9.59 Å². The molecule has 0 aromatic carbocycles. The van der Waals surface area contributed by atoms with Crippen LogP contribution in [0, 0.1) is 11.8 Å². The molecule has 1 saturated heterocycles. The molecule has 0 spiro atoms. The Morgan fingerprint density at radius 1 is 1.33 bits per heavy atom. The maximum absolute atomic E-state index is 12.2. The van der Waals surface area contributed by atoms with E-state index in [1.807, 2.05) is 4.90 Å². The van der Waals surface area contributed by atoms with Crippen LogP contribution < -0.4 is 5.32 Å². The number of carbonyl (C=O) groups is 2. The number of nitrogens with zero attached hydrogens (tertiary/aromatic N) is 3. The van der Waals surface area contributed by atoms with E-state index in [4.69, 9.17) is 0 Å². The van der Waals surface area contributed by atoms with Crippen LogP contribution in [0.15, 0.2) is 12.3 Å². The normalized spacial score (nSPS) is 22.1. The molecule has 6 nitrogen and oxygen atoms in total. The molecule has 1 aliphatic rings. The van der Waals surface area contributed by atoms with Crippen LogP contribution in [0.5, 0.6) is 0 Å². The maximum atomic E-state index is 12.2. The van der Waals surface area contributed by atoms with Gasteiger partial charge in [-0.3, -0.25) is 14.3 Å². The summed E-state index contributed by atoms with van der Waals surface area (Å²) in [5.74, 6) is 1.05. The number of hydrogen-bond donors (Lipinski definition) is 1. The summed E-state index contributed by atoms with van der Waals surface area (Å²) in [7, 11) is 1.72. The zero-order chi connectivity index (χ0) is 15.4. The second-order valence-corrected chi connectivity index (χ2v) is 6.09. The minimum absolute atomic E-state index is 0.124. The minimum Gasteiger partial charge on any atom is -0.350 e. The fourth-order valence-corrected chi connectivity index (χ4v) is 2.99. The van der Waals surface area contributed by atoms with E-state index in [0.29, 0.717) is 30.5 Å². The molecule has 116 valence electrons. The molecule has 0 saturated carbocycles. The van der Waals surface area contributed by atoms with Crippen LogP contribution in [0.4, 0.5) is 0 Å². The van der Waals surface area contributed by atoms with Crippen molar-refractivity contribution in [1.82, 2.24) is 20.0 Å². The first-order valence-corrected chi connectivity index (χ1v) is 7.51. The van der Waals surface area contributed by atoms with Crippen molar-refractivity contribution >= 4 is 11.8 Å². The van der Waals surface area contributed by atoms with Gasteiger partial charge >= 0.3 is 0 Å². The van der Waals surface area contributed by atoms with Gasteiger partial charge in [0.15, 0.2) is 0 Å². The van der Waals surface area contributed by atoms with Gasteiger partial charge in [-0.2, -0.15) is 5.10 Å². The highest BCUT2D eigenvalue weighted by Crippen LogP contribution is 2.21. The summed E-state index contributed by atoms with van der Waals surface area (Å²) in [5, 5.41) is 6.72. The number of likely N-dealkylation sites (tertiary alicyclic amines) is 1. The molecular formula is C15H24N4O2. The minimum atomic E-state index is -0.191. The fourth-order valence-electron chi connectivity index (χ4n) is 2.99. The molecule has 0 aliphatic carbocycles. The molecule has 2 atom stereocenters. The standard InChI is InChI=1S/C15H24N4O2/c1-11-8-12(2)10-19(9-11)14(20)5-6-16-15(21)13-4-7-17-18(13)3/h4,7,11-12H,5-6,8-10H2,1-3H3,(H,16,21)/t11-,12-/m0/s1. The first-order chi connectivity index (χ1) is 9.97. The SMILES string of the molecule is C[C@H]1C[C@H](C)CN(C(=O)CCNC(=O)c2ccnn2C)C1. The lowest BCUT2D eigenvalue weighted by atomic mass is 9.92. The molecule has 0 radical (unpaired) electrons. The number of piperidine rings is 1. The van der Waals surface area contributed by atoms with E-state index >= 15 is 0 Å². The Bertz CT molecular complexity index is 502. The van der Waals surface area contributed by atoms with Crippen LogP contribution >= 0.6 is 0 Å². The third-order valence-electron chi connectivity index (χ3n) is 3.90. The molecule has 21 heavy (non-hydrogen) atoms. The van der Waals surface area contributed by atoms with E-state index in [0.717, 1.165) is 13.1 Å². The summed E-state index contributed by atoms with van der Waals surface area (Å²) in [5.41, 5.74) is 0.502. The average Bonchev–Trinajstić information content (AvgIpc) is 2.83. The van der Waals surface area contributed by atoms with Crippen LogP contribution in [-0.4, -0.2) is 46.1 Å². The first-order valence-electron chi connectivity index (χ1n) is 7.51. The van der Waals surface area contributed by atoms with Crippen LogP contribution in [0.1, 0.15) is 37.2 Å². The zero-order valence-corrected chi connectivity index (χ0v) is 13.0. The number of aromatic nitrogens is 2. The summed E-state index contributed by atoms with van der Waals surface area (Å²) in [4.78, 5) is 26.0. The van der Waals surface area contributed by atoms with Crippen LogP contribution in [-0.2, 0) is 11.8 Å². The van der Waals surface area contributed by atoms with Gasteiger partial charge in [-0.1, -0.05) is 13.8 Å². The molecule has 2 amide bonds. The van der Waals surface area contributed by atoms with Crippen LogP contribution in [0.2, 0.25) is 0 Å². The van der Waals surface area contributed by atoms with Crippen molar-refractivity contribution in [2.24, 2.45) is 18.9 Å². The molecule has 1 N–H and O–H groups in total. The Kier molecular flexibility index (Phi) is 4.98. The fraction of sp³-hybridized carbons (Fsp3) is 0.667. The van der Waals surface area contributed by atoms with Gasteiger partial charge in [0.1, 0.15) is 5.69 Å². The van der Waals surface area contributed by atoms with Crippen molar-refractivity contribution in [2.45, 2.75) is 26.7 Å². The Morgan fingerprint density at radius 3 is 2.57 bits per heavy atom. The topological polar surface area (TPSA) is 67.2 Å². The Balaban J connectivity index is 1.77. The van der Waals surface area contributed by atoms with E-state index < -0.39 is 0 Å². The van der Waals surface area contributed by atoms with E-state index in [1.165, 1.54) is 11.1 Å². The summed E-state index contributed by atoms with van der Waals surface area (Å²) in [6.45, 7) is 6.39. The van der Waals surface area contributed by atoms with Crippen molar-refractivity contribution in [3.63, 3.8) is 0 Å². The van der Waals surface area contributed by atoms with Gasteiger partial charge in [0.25, 0.3) is 5.91 Å². The molecule has 1 fully saturated rings. The summed E-state index contributed by atoms with van der Waals surface area (Å²) >= 11 is 0. The summed E-state index contributed by atoms with van der Waals surface area (Å²) in [6.07, 6.45) is 3.11. The molecule has 6 heteroatoms. The van der Waals surface area contributed by atoms with Crippen LogP contribution in [0.25, 0.3) is 0 Å².